The van der Waals surface area contributed by atoms with E-state index >= 15 is 0 Å². The molecule has 0 unspecified atom stereocenters. The number of allylic oxidation sites excluding steroid dienone is 8. The van der Waals surface area contributed by atoms with Crippen LogP contribution in [0.4, 0.5) is 17.1 Å². The van der Waals surface area contributed by atoms with Crippen molar-refractivity contribution in [3.8, 4) is 11.5 Å². The molecule has 0 spiro atoms. The molecule has 0 saturated carbocycles. The molecule has 0 amide bonds. The molecule has 2 aliphatic heterocycles. The highest BCUT2D eigenvalue weighted by Gasteiger charge is 2.46. The van der Waals surface area contributed by atoms with Crippen molar-refractivity contribution in [2.75, 3.05) is 41.9 Å². The normalized spacial score (nSPS) is 21.3. The predicted octanol–water partition coefficient (Wildman–Crippen LogP) is 8.69. The van der Waals surface area contributed by atoms with Crippen LogP contribution < -0.4 is 14.7 Å². The number of fused-ring (bicyclic) bond motifs is 2. The lowest BCUT2D eigenvalue weighted by atomic mass is 9.78. The molecule has 4 N–H and O–H groups in total. The van der Waals surface area contributed by atoms with Crippen LogP contribution in [0.25, 0.3) is 12.2 Å². The van der Waals surface area contributed by atoms with E-state index in [-0.39, 0.29) is 56.9 Å². The molecule has 3 aromatic carbocycles. The molecule has 0 bridgehead atoms. The number of anilines is 3. The van der Waals surface area contributed by atoms with E-state index in [2.05, 4.69) is 54.5 Å². The Morgan fingerprint density at radius 2 is 1.05 bits per heavy atom. The van der Waals surface area contributed by atoms with Crippen molar-refractivity contribution in [2.45, 2.75) is 65.7 Å². The van der Waals surface area contributed by atoms with E-state index in [1.807, 2.05) is 47.0 Å². The van der Waals surface area contributed by atoms with Crippen molar-refractivity contribution in [1.29, 1.82) is 0 Å². The lowest BCUT2D eigenvalue weighted by molar-refractivity contribution is -0.114. The molecule has 9 heteroatoms. The number of hydrogen-bond acceptors (Lipinski definition) is 9. The summed E-state index contributed by atoms with van der Waals surface area (Å²) < 4.78 is 0. The summed E-state index contributed by atoms with van der Waals surface area (Å²) in [4.78, 5) is 33.1. The van der Waals surface area contributed by atoms with Gasteiger partial charge in [-0.3, -0.25) is 9.59 Å². The molecule has 0 aromatic heterocycles. The average Bonchev–Trinajstić information content (AvgIpc) is 3.46. The fourth-order valence-electron chi connectivity index (χ4n) is 8.44. The van der Waals surface area contributed by atoms with Crippen LogP contribution in [-0.2, 0) is 26.8 Å². The maximum atomic E-state index is 13.5. The lowest BCUT2D eigenvalue weighted by Gasteiger charge is -2.28. The maximum Gasteiger partial charge on any atom is 0.200 e. The summed E-state index contributed by atoms with van der Waals surface area (Å²) in [6.07, 6.45) is 7.37. The highest BCUT2D eigenvalue weighted by Crippen LogP contribution is 2.56. The van der Waals surface area contributed by atoms with E-state index in [1.54, 1.807) is 36.4 Å². The van der Waals surface area contributed by atoms with Crippen molar-refractivity contribution in [3.05, 3.63) is 134 Å². The van der Waals surface area contributed by atoms with Crippen molar-refractivity contribution in [1.82, 2.24) is 0 Å². The molecular weight excluding hydrogens is 691 g/mol. The van der Waals surface area contributed by atoms with Crippen LogP contribution >= 0.6 is 0 Å². The van der Waals surface area contributed by atoms with Crippen LogP contribution in [0.3, 0.4) is 0 Å². The van der Waals surface area contributed by atoms with Crippen LogP contribution in [-0.4, -0.2) is 59.2 Å². The van der Waals surface area contributed by atoms with Gasteiger partial charge in [-0.2, -0.15) is 0 Å². The molecule has 3 aromatic rings. The number of Topliss-reactive ketones (excluding diaryl/α,β-unsaturated/α-hetero) is 2. The first-order valence-electron chi connectivity index (χ1n) is 18.9. The number of phenolic OH excluding ortho intramolecular Hbond substituents is 2. The number of nitrogens with zero attached hydrogens (tertiary/aromatic N) is 3. The zero-order valence-electron chi connectivity index (χ0n) is 33.0. The Morgan fingerprint density at radius 1 is 0.618 bits per heavy atom. The van der Waals surface area contributed by atoms with Crippen LogP contribution in [0.15, 0.2) is 106 Å². The van der Waals surface area contributed by atoms with Gasteiger partial charge in [-0.1, -0.05) is 46.8 Å². The molecule has 2 heterocycles. The van der Waals surface area contributed by atoms with Gasteiger partial charge in [0.15, 0.2) is 0 Å². The molecule has 4 aliphatic rings. The number of carbonyl (C=O) groups is 2. The van der Waals surface area contributed by atoms with Gasteiger partial charge in [0.2, 0.25) is 11.6 Å². The predicted molar refractivity (Wildman–Crippen MR) is 220 cm³/mol. The second kappa shape index (κ2) is 13.1. The SMILES string of the molecule is CCc1ccc(C=C2C(=O)C(C=C3N(C)c4cc5c(cc4C3(C)C)N(C)C(=CC3=C(O)C(=Cc4ccc(N(CC)CC)cc4O)C3=O)C5(C)C)=C2O)c(O)c1. The van der Waals surface area contributed by atoms with E-state index in [9.17, 15) is 30.0 Å². The second-order valence-electron chi connectivity index (χ2n) is 15.8. The summed E-state index contributed by atoms with van der Waals surface area (Å²) >= 11 is 0. The number of carbonyl (C=O) groups excluding carboxylic acids is 2. The monoisotopic (exact) mass is 739 g/mol. The van der Waals surface area contributed by atoms with Gasteiger partial charge >= 0.3 is 0 Å². The Kier molecular flexibility index (Phi) is 8.91. The molecular formula is C46H49N3O6. The topological polar surface area (TPSA) is 125 Å². The van der Waals surface area contributed by atoms with Crippen LogP contribution in [0.5, 0.6) is 11.5 Å². The summed E-state index contributed by atoms with van der Waals surface area (Å²) in [5.74, 6) is -0.666. The van der Waals surface area contributed by atoms with Gasteiger partial charge in [-0.05, 0) is 91.6 Å². The molecule has 2 aliphatic carbocycles. The number of hydrogen-bond donors (Lipinski definition) is 4. The first kappa shape index (κ1) is 37.4. The van der Waals surface area contributed by atoms with E-state index in [4.69, 9.17) is 0 Å². The largest absolute Gasteiger partial charge is 0.507 e. The minimum Gasteiger partial charge on any atom is -0.507 e. The molecule has 7 rings (SSSR count). The van der Waals surface area contributed by atoms with Gasteiger partial charge < -0.3 is 35.1 Å². The molecule has 0 saturated heterocycles. The minimum atomic E-state index is -0.534. The number of benzene rings is 3. The zero-order chi connectivity index (χ0) is 39.9. The Balaban J connectivity index is 1.18. The molecule has 284 valence electrons. The van der Waals surface area contributed by atoms with Gasteiger partial charge in [0.25, 0.3) is 0 Å². The number of aliphatic hydroxyl groups is 2. The highest BCUT2D eigenvalue weighted by molar-refractivity contribution is 6.24. The van der Waals surface area contributed by atoms with E-state index in [0.29, 0.717) is 11.1 Å². The summed E-state index contributed by atoms with van der Waals surface area (Å²) in [7, 11) is 3.91. The van der Waals surface area contributed by atoms with E-state index in [0.717, 1.165) is 64.7 Å². The smallest absolute Gasteiger partial charge is 0.200 e. The average molecular weight is 740 g/mol. The molecule has 55 heavy (non-hydrogen) atoms. The Labute approximate surface area is 322 Å². The van der Waals surface area contributed by atoms with E-state index < -0.39 is 10.8 Å². The van der Waals surface area contributed by atoms with Gasteiger partial charge in [0, 0.05) is 83.7 Å². The van der Waals surface area contributed by atoms with Crippen molar-refractivity contribution in [3.63, 3.8) is 0 Å². The summed E-state index contributed by atoms with van der Waals surface area (Å²) in [5.41, 5.74) is 8.26. The number of aliphatic hydroxyl groups excluding tert-OH is 2. The first-order chi connectivity index (χ1) is 26.0. The molecule has 0 radical (unpaired) electrons. The fourth-order valence-corrected chi connectivity index (χ4v) is 8.44. The Morgan fingerprint density at radius 3 is 1.44 bits per heavy atom. The van der Waals surface area contributed by atoms with Crippen molar-refractivity contribution in [2.24, 2.45) is 0 Å². The van der Waals surface area contributed by atoms with Gasteiger partial charge in [0.05, 0.1) is 22.3 Å². The number of aromatic hydroxyl groups is 2. The van der Waals surface area contributed by atoms with Crippen LogP contribution in [0, 0.1) is 0 Å². The number of likely N-dealkylation sites (N-methyl/N-ethyl adjacent to an activating group) is 2. The zero-order valence-corrected chi connectivity index (χ0v) is 33.0. The van der Waals surface area contributed by atoms with Gasteiger partial charge in [-0.15, -0.1) is 0 Å². The lowest BCUT2D eigenvalue weighted by Crippen LogP contribution is -2.27. The van der Waals surface area contributed by atoms with Crippen molar-refractivity contribution < 1.29 is 30.0 Å². The van der Waals surface area contributed by atoms with Crippen LogP contribution in [0.1, 0.15) is 76.3 Å². The van der Waals surface area contributed by atoms with Gasteiger partial charge in [-0.25, -0.2) is 0 Å². The number of aryl methyl sites for hydroxylation is 1. The van der Waals surface area contributed by atoms with Crippen LogP contribution in [0.2, 0.25) is 0 Å². The number of ketones is 2. The van der Waals surface area contributed by atoms with Crippen molar-refractivity contribution >= 4 is 40.8 Å². The third kappa shape index (κ3) is 5.67. The number of rotatable bonds is 8. The molecule has 9 nitrogen and oxygen atoms in total. The Hall–Kier alpha value is -5.96. The fraction of sp³-hybridized carbons (Fsp3) is 0.304. The maximum absolute atomic E-state index is 13.5. The van der Waals surface area contributed by atoms with Gasteiger partial charge in [0.1, 0.15) is 23.0 Å². The first-order valence-corrected chi connectivity index (χ1v) is 18.9. The molecule has 0 fully saturated rings. The second-order valence-corrected chi connectivity index (χ2v) is 15.8. The molecule has 0 atom stereocenters. The summed E-state index contributed by atoms with van der Waals surface area (Å²) in [6, 6.07) is 15.0. The van der Waals surface area contributed by atoms with E-state index in [1.165, 1.54) is 12.2 Å². The Bertz CT molecular complexity index is 2400. The summed E-state index contributed by atoms with van der Waals surface area (Å²) in [6.45, 7) is 16.1. The quantitative estimate of drug-likeness (QED) is 0.168. The number of phenols is 2. The summed E-state index contributed by atoms with van der Waals surface area (Å²) in [5, 5.41) is 43.4. The standard InChI is InChI=1S/C46H49N3O6/c1-10-25-13-14-26(37(50)17-25)18-29-41(52)31(42(29)53)21-39-45(4,5)33-23-36-34(24-35(33)47(39)8)46(6,7)40(48(36)9)22-32-43(54)30(44(32)55)19-27-15-16-28(20-38(27)51)49(11-2)12-3/h13-24,50-52,54H,10-12H2,1-9H3. The third-order valence-electron chi connectivity index (χ3n) is 12.0. The third-order valence-corrected chi connectivity index (χ3v) is 12.0. The minimum absolute atomic E-state index is 0.0411. The highest BCUT2D eigenvalue weighted by atomic mass is 16.3.